The van der Waals surface area contributed by atoms with E-state index in [-0.39, 0.29) is 11.5 Å². The van der Waals surface area contributed by atoms with Crippen molar-refractivity contribution < 1.29 is 4.79 Å². The van der Waals surface area contributed by atoms with Crippen molar-refractivity contribution in [1.82, 2.24) is 10.3 Å². The second-order valence-electron chi connectivity index (χ2n) is 2.69. The topological polar surface area (TPSA) is 62.0 Å². The Balaban J connectivity index is 2.55. The summed E-state index contributed by atoms with van der Waals surface area (Å²) >= 11 is 0. The third-order valence-electron chi connectivity index (χ3n) is 1.65. The SMILES string of the molecule is CCC(=O)NCc1cc[nH]c(=O)c1. The Labute approximate surface area is 76.0 Å². The van der Waals surface area contributed by atoms with Gasteiger partial charge in [-0.05, 0) is 11.6 Å². The molecule has 1 heterocycles. The van der Waals surface area contributed by atoms with E-state index in [1.165, 1.54) is 6.07 Å². The molecule has 0 aliphatic heterocycles. The predicted octanol–water partition coefficient (Wildman–Crippen LogP) is 0.401. The molecular weight excluding hydrogens is 168 g/mol. The lowest BCUT2D eigenvalue weighted by Crippen LogP contribution is -2.22. The Kier molecular flexibility index (Phi) is 3.25. The monoisotopic (exact) mass is 180 g/mol. The summed E-state index contributed by atoms with van der Waals surface area (Å²) in [5.41, 5.74) is 0.661. The summed E-state index contributed by atoms with van der Waals surface area (Å²) < 4.78 is 0. The van der Waals surface area contributed by atoms with E-state index in [4.69, 9.17) is 0 Å². The van der Waals surface area contributed by atoms with Gasteiger partial charge in [0.25, 0.3) is 0 Å². The summed E-state index contributed by atoms with van der Waals surface area (Å²) in [6.07, 6.45) is 2.03. The molecule has 70 valence electrons. The van der Waals surface area contributed by atoms with Crippen LogP contribution < -0.4 is 10.9 Å². The third kappa shape index (κ3) is 3.11. The number of amides is 1. The molecule has 1 aromatic rings. The average molecular weight is 180 g/mol. The molecule has 0 fully saturated rings. The van der Waals surface area contributed by atoms with Crippen LogP contribution in [0.5, 0.6) is 0 Å². The van der Waals surface area contributed by atoms with Gasteiger partial charge in [0.15, 0.2) is 0 Å². The van der Waals surface area contributed by atoms with Crippen molar-refractivity contribution in [3.63, 3.8) is 0 Å². The molecule has 13 heavy (non-hydrogen) atoms. The molecule has 1 amide bonds. The van der Waals surface area contributed by atoms with Gasteiger partial charge in [0, 0.05) is 25.2 Å². The highest BCUT2D eigenvalue weighted by molar-refractivity contribution is 5.75. The second kappa shape index (κ2) is 4.45. The van der Waals surface area contributed by atoms with Gasteiger partial charge in [-0.1, -0.05) is 6.92 Å². The number of aromatic nitrogens is 1. The smallest absolute Gasteiger partial charge is 0.248 e. The highest BCUT2D eigenvalue weighted by atomic mass is 16.1. The lowest BCUT2D eigenvalue weighted by atomic mass is 10.2. The van der Waals surface area contributed by atoms with Crippen LogP contribution in [0.3, 0.4) is 0 Å². The van der Waals surface area contributed by atoms with E-state index in [2.05, 4.69) is 10.3 Å². The summed E-state index contributed by atoms with van der Waals surface area (Å²) in [6.45, 7) is 2.20. The number of H-pyrrole nitrogens is 1. The maximum Gasteiger partial charge on any atom is 0.248 e. The number of nitrogens with one attached hydrogen (secondary N) is 2. The van der Waals surface area contributed by atoms with Crippen LogP contribution in [-0.2, 0) is 11.3 Å². The summed E-state index contributed by atoms with van der Waals surface area (Å²) in [5, 5.41) is 2.68. The number of hydrogen-bond acceptors (Lipinski definition) is 2. The zero-order chi connectivity index (χ0) is 9.68. The Morgan fingerprint density at radius 3 is 3.00 bits per heavy atom. The van der Waals surface area contributed by atoms with Crippen molar-refractivity contribution in [3.05, 3.63) is 34.2 Å². The first kappa shape index (κ1) is 9.51. The van der Waals surface area contributed by atoms with Crippen LogP contribution in [0.25, 0.3) is 0 Å². The minimum atomic E-state index is -0.150. The van der Waals surface area contributed by atoms with E-state index in [0.29, 0.717) is 13.0 Å². The number of hydrogen-bond donors (Lipinski definition) is 2. The zero-order valence-electron chi connectivity index (χ0n) is 7.46. The van der Waals surface area contributed by atoms with Crippen molar-refractivity contribution in [1.29, 1.82) is 0 Å². The van der Waals surface area contributed by atoms with Gasteiger partial charge in [0.05, 0.1) is 0 Å². The molecule has 0 bridgehead atoms. The van der Waals surface area contributed by atoms with E-state index >= 15 is 0 Å². The highest BCUT2D eigenvalue weighted by Crippen LogP contribution is 1.91. The van der Waals surface area contributed by atoms with Gasteiger partial charge >= 0.3 is 0 Å². The van der Waals surface area contributed by atoms with E-state index in [9.17, 15) is 9.59 Å². The predicted molar refractivity (Wildman–Crippen MR) is 49.2 cm³/mol. The normalized spacial score (nSPS) is 9.62. The minimum absolute atomic E-state index is 0.0136. The van der Waals surface area contributed by atoms with Gasteiger partial charge in [0.1, 0.15) is 0 Å². The molecule has 4 nitrogen and oxygen atoms in total. The lowest BCUT2D eigenvalue weighted by molar-refractivity contribution is -0.120. The molecule has 0 aromatic carbocycles. The molecule has 1 rings (SSSR count). The fraction of sp³-hybridized carbons (Fsp3) is 0.333. The molecule has 1 aromatic heterocycles. The molecule has 0 saturated heterocycles. The Bertz CT molecular complexity index is 343. The fourth-order valence-corrected chi connectivity index (χ4v) is 0.925. The van der Waals surface area contributed by atoms with Crippen LogP contribution in [0.4, 0.5) is 0 Å². The highest BCUT2D eigenvalue weighted by Gasteiger charge is 1.97. The van der Waals surface area contributed by atoms with Crippen LogP contribution in [0.1, 0.15) is 18.9 Å². The van der Waals surface area contributed by atoms with Crippen molar-refractivity contribution in [3.8, 4) is 0 Å². The van der Waals surface area contributed by atoms with Crippen molar-refractivity contribution >= 4 is 5.91 Å². The zero-order valence-corrected chi connectivity index (χ0v) is 7.46. The van der Waals surface area contributed by atoms with Gasteiger partial charge < -0.3 is 10.3 Å². The lowest BCUT2D eigenvalue weighted by Gasteiger charge is -2.01. The summed E-state index contributed by atoms with van der Waals surface area (Å²) in [6, 6.07) is 3.23. The van der Waals surface area contributed by atoms with Crippen LogP contribution in [-0.4, -0.2) is 10.9 Å². The maximum atomic E-state index is 10.9. The first-order valence-electron chi connectivity index (χ1n) is 4.16. The largest absolute Gasteiger partial charge is 0.352 e. The molecule has 0 radical (unpaired) electrons. The van der Waals surface area contributed by atoms with Crippen LogP contribution >= 0.6 is 0 Å². The number of carbonyl (C=O) groups excluding carboxylic acids is 1. The molecule has 0 unspecified atom stereocenters. The Morgan fingerprint density at radius 1 is 1.62 bits per heavy atom. The van der Waals surface area contributed by atoms with Crippen molar-refractivity contribution in [2.45, 2.75) is 19.9 Å². The molecular formula is C9H12N2O2. The first-order valence-corrected chi connectivity index (χ1v) is 4.16. The van der Waals surface area contributed by atoms with Crippen molar-refractivity contribution in [2.75, 3.05) is 0 Å². The molecule has 0 spiro atoms. The second-order valence-corrected chi connectivity index (χ2v) is 2.69. The van der Waals surface area contributed by atoms with Crippen LogP contribution in [0.2, 0.25) is 0 Å². The van der Waals surface area contributed by atoms with E-state index < -0.39 is 0 Å². The summed E-state index contributed by atoms with van der Waals surface area (Å²) in [4.78, 5) is 24.2. The first-order chi connectivity index (χ1) is 6.22. The van der Waals surface area contributed by atoms with E-state index in [1.54, 1.807) is 19.2 Å². The molecule has 0 aliphatic carbocycles. The third-order valence-corrected chi connectivity index (χ3v) is 1.65. The average Bonchev–Trinajstić information content (AvgIpc) is 2.14. The van der Waals surface area contributed by atoms with Gasteiger partial charge in [0.2, 0.25) is 11.5 Å². The van der Waals surface area contributed by atoms with Gasteiger partial charge in [-0.25, -0.2) is 0 Å². The standard InChI is InChI=1S/C9H12N2O2/c1-2-8(12)11-6-7-3-4-10-9(13)5-7/h3-5H,2,6H2,1H3,(H,10,13)(H,11,12). The Hall–Kier alpha value is -1.58. The number of pyridine rings is 1. The molecule has 0 saturated carbocycles. The number of carbonyl (C=O) groups is 1. The summed E-state index contributed by atoms with van der Waals surface area (Å²) in [5.74, 6) is -0.0136. The van der Waals surface area contributed by atoms with Crippen LogP contribution in [0.15, 0.2) is 23.1 Å². The van der Waals surface area contributed by atoms with Gasteiger partial charge in [-0.15, -0.1) is 0 Å². The molecule has 4 heteroatoms. The van der Waals surface area contributed by atoms with Gasteiger partial charge in [-0.3, -0.25) is 9.59 Å². The fourth-order valence-electron chi connectivity index (χ4n) is 0.925. The number of rotatable bonds is 3. The maximum absolute atomic E-state index is 10.9. The molecule has 0 atom stereocenters. The van der Waals surface area contributed by atoms with Crippen LogP contribution in [0, 0.1) is 0 Å². The quantitative estimate of drug-likeness (QED) is 0.707. The van der Waals surface area contributed by atoms with Gasteiger partial charge in [-0.2, -0.15) is 0 Å². The van der Waals surface area contributed by atoms with E-state index in [1.807, 2.05) is 0 Å². The minimum Gasteiger partial charge on any atom is -0.352 e. The molecule has 0 aliphatic rings. The van der Waals surface area contributed by atoms with E-state index in [0.717, 1.165) is 5.56 Å². The van der Waals surface area contributed by atoms with Crippen molar-refractivity contribution in [2.24, 2.45) is 0 Å². The Morgan fingerprint density at radius 2 is 2.38 bits per heavy atom. The number of aromatic amines is 1. The molecule has 2 N–H and O–H groups in total. The summed E-state index contributed by atoms with van der Waals surface area (Å²) in [7, 11) is 0.